The molecule has 0 aromatic heterocycles. The molecule has 1 N–H and O–H groups in total. The summed E-state index contributed by atoms with van der Waals surface area (Å²) in [4.78, 5) is 2.53. The van der Waals surface area contributed by atoms with E-state index in [2.05, 4.69) is 17.3 Å². The third-order valence-corrected chi connectivity index (χ3v) is 4.17. The molecule has 1 aliphatic carbocycles. The fourth-order valence-corrected chi connectivity index (χ4v) is 2.68. The summed E-state index contributed by atoms with van der Waals surface area (Å²) < 4.78 is 0. The zero-order valence-corrected chi connectivity index (χ0v) is 10.2. The molecule has 15 heavy (non-hydrogen) atoms. The van der Waals surface area contributed by atoms with Gasteiger partial charge in [0, 0.05) is 6.04 Å². The van der Waals surface area contributed by atoms with Gasteiger partial charge in [0.1, 0.15) is 0 Å². The van der Waals surface area contributed by atoms with Crippen LogP contribution in [0.25, 0.3) is 0 Å². The molecule has 0 spiro atoms. The van der Waals surface area contributed by atoms with E-state index < -0.39 is 0 Å². The van der Waals surface area contributed by atoms with Gasteiger partial charge in [0.15, 0.2) is 0 Å². The highest BCUT2D eigenvalue weighted by molar-refractivity contribution is 4.75. The Bertz CT molecular complexity index is 171. The van der Waals surface area contributed by atoms with Gasteiger partial charge in [-0.05, 0) is 58.3 Å². The van der Waals surface area contributed by atoms with Gasteiger partial charge in [-0.3, -0.25) is 0 Å². The first kappa shape index (κ1) is 11.4. The summed E-state index contributed by atoms with van der Waals surface area (Å²) in [6, 6.07) is 0.816. The summed E-state index contributed by atoms with van der Waals surface area (Å²) in [5.74, 6) is 1.07. The first-order valence-electron chi connectivity index (χ1n) is 6.76. The van der Waals surface area contributed by atoms with Gasteiger partial charge in [0.05, 0.1) is 0 Å². The zero-order chi connectivity index (χ0) is 10.5. The Morgan fingerprint density at radius 3 is 2.47 bits per heavy atom. The van der Waals surface area contributed by atoms with Crippen molar-refractivity contribution < 1.29 is 0 Å². The van der Waals surface area contributed by atoms with Gasteiger partial charge >= 0.3 is 0 Å². The van der Waals surface area contributed by atoms with Crippen molar-refractivity contribution in [3.63, 3.8) is 0 Å². The van der Waals surface area contributed by atoms with Crippen LogP contribution < -0.4 is 5.32 Å². The smallest absolute Gasteiger partial charge is 0.00797 e. The predicted molar refractivity (Wildman–Crippen MR) is 65.1 cm³/mol. The van der Waals surface area contributed by atoms with E-state index in [0.29, 0.717) is 0 Å². The molecular formula is C13H26N2. The van der Waals surface area contributed by atoms with E-state index in [1.54, 1.807) is 0 Å². The van der Waals surface area contributed by atoms with E-state index in [0.717, 1.165) is 12.0 Å². The van der Waals surface area contributed by atoms with Gasteiger partial charge in [-0.2, -0.15) is 0 Å². The Hall–Kier alpha value is -0.0800. The Labute approximate surface area is 94.4 Å². The molecule has 2 rings (SSSR count). The zero-order valence-electron chi connectivity index (χ0n) is 10.2. The van der Waals surface area contributed by atoms with E-state index in [-0.39, 0.29) is 0 Å². The summed E-state index contributed by atoms with van der Waals surface area (Å²) in [5.41, 5.74) is 0. The van der Waals surface area contributed by atoms with Crippen LogP contribution in [0, 0.1) is 5.92 Å². The second kappa shape index (κ2) is 5.86. The van der Waals surface area contributed by atoms with Crippen LogP contribution in [-0.2, 0) is 0 Å². The van der Waals surface area contributed by atoms with Crippen molar-refractivity contribution in [3.05, 3.63) is 0 Å². The molecule has 0 aromatic carbocycles. The number of hydrogen-bond acceptors (Lipinski definition) is 2. The monoisotopic (exact) mass is 210 g/mol. The molecule has 1 saturated heterocycles. The maximum atomic E-state index is 3.57. The molecule has 2 heteroatoms. The predicted octanol–water partition coefficient (Wildman–Crippen LogP) is 2.25. The van der Waals surface area contributed by atoms with Crippen LogP contribution in [0.3, 0.4) is 0 Å². The highest BCUT2D eigenvalue weighted by Crippen LogP contribution is 2.29. The fourth-order valence-electron chi connectivity index (χ4n) is 2.68. The van der Waals surface area contributed by atoms with Crippen molar-refractivity contribution in [1.82, 2.24) is 10.2 Å². The second-order valence-electron chi connectivity index (χ2n) is 5.47. The lowest BCUT2D eigenvalue weighted by Crippen LogP contribution is -2.30. The molecular weight excluding hydrogens is 184 g/mol. The summed E-state index contributed by atoms with van der Waals surface area (Å²) in [5, 5.41) is 3.57. The van der Waals surface area contributed by atoms with E-state index in [1.807, 2.05) is 0 Å². The van der Waals surface area contributed by atoms with Crippen LogP contribution in [0.5, 0.6) is 0 Å². The topological polar surface area (TPSA) is 15.3 Å². The molecule has 0 bridgehead atoms. The molecule has 1 heterocycles. The van der Waals surface area contributed by atoms with Crippen molar-refractivity contribution in [2.75, 3.05) is 26.7 Å². The van der Waals surface area contributed by atoms with Crippen molar-refractivity contribution in [3.8, 4) is 0 Å². The van der Waals surface area contributed by atoms with E-state index >= 15 is 0 Å². The summed E-state index contributed by atoms with van der Waals surface area (Å²) in [6.45, 7) is 3.85. The van der Waals surface area contributed by atoms with Gasteiger partial charge in [0.2, 0.25) is 0 Å². The number of hydrogen-bond donors (Lipinski definition) is 1. The van der Waals surface area contributed by atoms with Gasteiger partial charge in [0.25, 0.3) is 0 Å². The van der Waals surface area contributed by atoms with Crippen LogP contribution in [0.1, 0.15) is 44.9 Å². The number of nitrogens with one attached hydrogen (secondary N) is 1. The Kier molecular flexibility index (Phi) is 4.45. The Balaban J connectivity index is 1.49. The lowest BCUT2D eigenvalue weighted by atomic mass is 9.83. The molecule has 0 aromatic rings. The third kappa shape index (κ3) is 3.76. The van der Waals surface area contributed by atoms with Gasteiger partial charge < -0.3 is 10.2 Å². The van der Waals surface area contributed by atoms with Crippen molar-refractivity contribution in [2.24, 2.45) is 5.92 Å². The molecule has 0 amide bonds. The summed E-state index contributed by atoms with van der Waals surface area (Å²) in [6.07, 6.45) is 10.1. The van der Waals surface area contributed by atoms with Gasteiger partial charge in [-0.1, -0.05) is 19.3 Å². The molecule has 1 saturated carbocycles. The minimum atomic E-state index is 0.816. The minimum Gasteiger partial charge on any atom is -0.314 e. The fraction of sp³-hybridized carbons (Fsp3) is 1.00. The lowest BCUT2D eigenvalue weighted by Gasteiger charge is -2.28. The molecule has 1 atom stereocenters. The van der Waals surface area contributed by atoms with Crippen LogP contribution in [0.15, 0.2) is 0 Å². The van der Waals surface area contributed by atoms with Crippen molar-refractivity contribution in [2.45, 2.75) is 51.0 Å². The SMILES string of the molecule is CN(CCC1CCC1)CCC1CCCN1. The maximum Gasteiger partial charge on any atom is 0.00797 e. The quantitative estimate of drug-likeness (QED) is 0.723. The first-order chi connectivity index (χ1) is 7.34. The minimum absolute atomic E-state index is 0.816. The van der Waals surface area contributed by atoms with Crippen molar-refractivity contribution in [1.29, 1.82) is 0 Å². The van der Waals surface area contributed by atoms with Gasteiger partial charge in [-0.15, -0.1) is 0 Å². The van der Waals surface area contributed by atoms with E-state index in [4.69, 9.17) is 0 Å². The number of nitrogens with zero attached hydrogens (tertiary/aromatic N) is 1. The molecule has 1 aliphatic heterocycles. The van der Waals surface area contributed by atoms with Gasteiger partial charge in [-0.25, -0.2) is 0 Å². The standard InChI is InChI=1S/C13H26N2/c1-15(10-7-12-4-2-5-12)11-8-13-6-3-9-14-13/h12-14H,2-11H2,1H3. The Morgan fingerprint density at radius 1 is 1.07 bits per heavy atom. The average molecular weight is 210 g/mol. The normalized spacial score (nSPS) is 27.2. The van der Waals surface area contributed by atoms with E-state index in [9.17, 15) is 0 Å². The van der Waals surface area contributed by atoms with Crippen molar-refractivity contribution >= 4 is 0 Å². The molecule has 0 radical (unpaired) electrons. The molecule has 1 unspecified atom stereocenters. The van der Waals surface area contributed by atoms with Crippen LogP contribution in [0.2, 0.25) is 0 Å². The molecule has 2 aliphatic rings. The highest BCUT2D eigenvalue weighted by Gasteiger charge is 2.18. The largest absolute Gasteiger partial charge is 0.314 e. The molecule has 88 valence electrons. The Morgan fingerprint density at radius 2 is 1.87 bits per heavy atom. The highest BCUT2D eigenvalue weighted by atomic mass is 15.1. The molecule has 2 nitrogen and oxygen atoms in total. The first-order valence-corrected chi connectivity index (χ1v) is 6.76. The second-order valence-corrected chi connectivity index (χ2v) is 5.47. The lowest BCUT2D eigenvalue weighted by molar-refractivity contribution is 0.233. The summed E-state index contributed by atoms with van der Waals surface area (Å²) >= 11 is 0. The van der Waals surface area contributed by atoms with Crippen LogP contribution in [0.4, 0.5) is 0 Å². The third-order valence-electron chi connectivity index (χ3n) is 4.17. The number of rotatable bonds is 6. The summed E-state index contributed by atoms with van der Waals surface area (Å²) in [7, 11) is 2.29. The molecule has 2 fully saturated rings. The van der Waals surface area contributed by atoms with E-state index in [1.165, 1.54) is 64.6 Å². The van der Waals surface area contributed by atoms with Crippen LogP contribution in [-0.4, -0.2) is 37.6 Å². The van der Waals surface area contributed by atoms with Crippen LogP contribution >= 0.6 is 0 Å². The average Bonchev–Trinajstić information content (AvgIpc) is 2.64. The maximum absolute atomic E-state index is 3.57.